The van der Waals surface area contributed by atoms with Crippen LogP contribution >= 0.6 is 11.3 Å². The highest BCUT2D eigenvalue weighted by molar-refractivity contribution is 7.13. The lowest BCUT2D eigenvalue weighted by molar-refractivity contribution is 0.0735. The average Bonchev–Trinajstić information content (AvgIpc) is 3.49. The van der Waals surface area contributed by atoms with E-state index in [1.54, 1.807) is 16.0 Å². The first-order valence-electron chi connectivity index (χ1n) is 11.8. The Morgan fingerprint density at radius 3 is 2.61 bits per heavy atom. The van der Waals surface area contributed by atoms with E-state index in [-0.39, 0.29) is 5.91 Å². The fourth-order valence-electron chi connectivity index (χ4n) is 4.72. The van der Waals surface area contributed by atoms with E-state index in [0.29, 0.717) is 24.8 Å². The van der Waals surface area contributed by atoms with E-state index in [1.807, 2.05) is 48.5 Å². The van der Waals surface area contributed by atoms with Crippen molar-refractivity contribution in [1.29, 1.82) is 0 Å². The number of piperazine rings is 1. The van der Waals surface area contributed by atoms with Crippen LogP contribution in [-0.2, 0) is 7.05 Å². The van der Waals surface area contributed by atoms with Crippen molar-refractivity contribution in [3.63, 3.8) is 0 Å². The summed E-state index contributed by atoms with van der Waals surface area (Å²) in [5.74, 6) is 1.70. The largest absolute Gasteiger partial charge is 0.353 e. The summed E-state index contributed by atoms with van der Waals surface area (Å²) in [6, 6.07) is 8.44. The van der Waals surface area contributed by atoms with E-state index in [4.69, 9.17) is 4.98 Å². The van der Waals surface area contributed by atoms with Crippen LogP contribution in [0.15, 0.2) is 29.6 Å². The van der Waals surface area contributed by atoms with Gasteiger partial charge in [0, 0.05) is 51.0 Å². The first-order valence-corrected chi connectivity index (χ1v) is 12.7. The van der Waals surface area contributed by atoms with Crippen molar-refractivity contribution in [3.8, 4) is 10.6 Å². The van der Waals surface area contributed by atoms with Crippen molar-refractivity contribution in [1.82, 2.24) is 24.6 Å². The first kappa shape index (κ1) is 21.9. The zero-order chi connectivity index (χ0) is 22.8. The predicted molar refractivity (Wildman–Crippen MR) is 132 cm³/mol. The summed E-state index contributed by atoms with van der Waals surface area (Å²) in [6.45, 7) is 4.84. The Kier molecular flexibility index (Phi) is 6.30. The van der Waals surface area contributed by atoms with Gasteiger partial charge in [0.25, 0.3) is 5.91 Å². The lowest BCUT2D eigenvalue weighted by Crippen LogP contribution is -2.49. The summed E-state index contributed by atoms with van der Waals surface area (Å²) in [5.41, 5.74) is 2.44. The minimum Gasteiger partial charge on any atom is -0.353 e. The average molecular weight is 466 g/mol. The number of amides is 1. The molecule has 8 nitrogen and oxygen atoms in total. The van der Waals surface area contributed by atoms with Crippen LogP contribution < -0.4 is 10.2 Å². The summed E-state index contributed by atoms with van der Waals surface area (Å²) in [4.78, 5) is 27.9. The van der Waals surface area contributed by atoms with Gasteiger partial charge in [-0.15, -0.1) is 11.3 Å². The van der Waals surface area contributed by atoms with Crippen LogP contribution in [0.2, 0.25) is 0 Å². The lowest BCUT2D eigenvalue weighted by Gasteiger charge is -2.35. The molecule has 0 radical (unpaired) electrons. The van der Waals surface area contributed by atoms with Gasteiger partial charge in [0.05, 0.1) is 4.88 Å². The number of carbonyl (C=O) groups is 1. The molecule has 0 atom stereocenters. The number of hydrogen-bond acceptors (Lipinski definition) is 7. The Labute approximate surface area is 198 Å². The van der Waals surface area contributed by atoms with Gasteiger partial charge in [-0.2, -0.15) is 10.1 Å². The molecule has 5 rings (SSSR count). The molecule has 0 aromatic carbocycles. The summed E-state index contributed by atoms with van der Waals surface area (Å²) >= 11 is 1.63. The number of rotatable bonds is 5. The number of carbonyl (C=O) groups excluding carboxylic acids is 1. The third kappa shape index (κ3) is 4.88. The maximum atomic E-state index is 13.2. The maximum absolute atomic E-state index is 13.2. The smallest absolute Gasteiger partial charge is 0.272 e. The summed E-state index contributed by atoms with van der Waals surface area (Å²) in [6.07, 6.45) is 6.26. The lowest BCUT2D eigenvalue weighted by atomic mass is 9.96. The zero-order valence-corrected chi connectivity index (χ0v) is 20.1. The van der Waals surface area contributed by atoms with Crippen molar-refractivity contribution in [2.75, 3.05) is 36.4 Å². The molecule has 3 aromatic heterocycles. The quantitative estimate of drug-likeness (QED) is 0.615. The Bertz CT molecular complexity index is 1100. The molecule has 0 spiro atoms. The van der Waals surface area contributed by atoms with Gasteiger partial charge in [-0.3, -0.25) is 9.48 Å². The number of anilines is 2. The maximum Gasteiger partial charge on any atom is 0.272 e. The van der Waals surface area contributed by atoms with Crippen molar-refractivity contribution < 1.29 is 4.79 Å². The van der Waals surface area contributed by atoms with Gasteiger partial charge >= 0.3 is 0 Å². The number of thiophene rings is 1. The Balaban J connectivity index is 1.23. The van der Waals surface area contributed by atoms with Crippen molar-refractivity contribution in [3.05, 3.63) is 41.0 Å². The predicted octanol–water partition coefficient (Wildman–Crippen LogP) is 3.95. The molecule has 1 aliphatic carbocycles. The van der Waals surface area contributed by atoms with E-state index in [9.17, 15) is 4.79 Å². The standard InChI is InChI=1S/C24H31N7OS/c1-17-15-22(27-24(25-17)26-18-7-4-3-5-8-18)30-10-12-31(13-11-30)23(32)20-16-19(28-29(20)2)21-9-6-14-33-21/h6,9,14-16,18H,3-5,7-8,10-13H2,1-2H3,(H,25,26,27). The Morgan fingerprint density at radius 1 is 1.09 bits per heavy atom. The number of hydrogen-bond donors (Lipinski definition) is 1. The fourth-order valence-corrected chi connectivity index (χ4v) is 5.40. The van der Waals surface area contributed by atoms with E-state index < -0.39 is 0 Å². The highest BCUT2D eigenvalue weighted by atomic mass is 32.1. The SMILES string of the molecule is Cc1cc(N2CCN(C(=O)c3cc(-c4cccs4)nn3C)CC2)nc(NC2CCCCC2)n1. The molecule has 0 unspecified atom stereocenters. The van der Waals surface area contributed by atoms with Crippen molar-refractivity contribution in [2.45, 2.75) is 45.1 Å². The van der Waals surface area contributed by atoms with E-state index >= 15 is 0 Å². The van der Waals surface area contributed by atoms with Gasteiger partial charge in [-0.1, -0.05) is 25.3 Å². The van der Waals surface area contributed by atoms with Crippen molar-refractivity contribution in [2.24, 2.45) is 7.05 Å². The summed E-state index contributed by atoms with van der Waals surface area (Å²) < 4.78 is 1.70. The summed E-state index contributed by atoms with van der Waals surface area (Å²) in [5, 5.41) is 10.1. The fraction of sp³-hybridized carbons (Fsp3) is 0.500. The molecule has 1 amide bonds. The summed E-state index contributed by atoms with van der Waals surface area (Å²) in [7, 11) is 1.84. The molecule has 0 bridgehead atoms. The second kappa shape index (κ2) is 9.51. The van der Waals surface area contributed by atoms with Gasteiger partial charge in [-0.25, -0.2) is 4.98 Å². The molecule has 1 N–H and O–H groups in total. The van der Waals surface area contributed by atoms with Crippen LogP contribution in [0.1, 0.15) is 48.3 Å². The van der Waals surface area contributed by atoms with Gasteiger partial charge in [0.15, 0.2) is 0 Å². The molecule has 174 valence electrons. The highest BCUT2D eigenvalue weighted by Gasteiger charge is 2.26. The molecule has 1 saturated carbocycles. The molecule has 2 aliphatic rings. The van der Waals surface area contributed by atoms with Crippen LogP contribution in [0.25, 0.3) is 10.6 Å². The third-order valence-electron chi connectivity index (χ3n) is 6.54. The Hall–Kier alpha value is -2.94. The van der Waals surface area contributed by atoms with Crippen LogP contribution in [0.5, 0.6) is 0 Å². The molecular formula is C24H31N7OS. The van der Waals surface area contributed by atoms with Crippen LogP contribution in [0, 0.1) is 6.92 Å². The third-order valence-corrected chi connectivity index (χ3v) is 7.43. The first-order chi connectivity index (χ1) is 16.1. The van der Waals surface area contributed by atoms with E-state index in [0.717, 1.165) is 41.1 Å². The molecule has 33 heavy (non-hydrogen) atoms. The molecule has 4 heterocycles. The molecule has 1 saturated heterocycles. The second-order valence-corrected chi connectivity index (χ2v) is 9.91. The van der Waals surface area contributed by atoms with E-state index in [2.05, 4.69) is 20.3 Å². The minimum atomic E-state index is 0.0333. The Morgan fingerprint density at radius 2 is 1.88 bits per heavy atom. The van der Waals surface area contributed by atoms with Crippen LogP contribution in [-0.4, -0.2) is 62.8 Å². The van der Waals surface area contributed by atoms with Crippen LogP contribution in [0.4, 0.5) is 11.8 Å². The van der Waals surface area contributed by atoms with Crippen LogP contribution in [0.3, 0.4) is 0 Å². The number of nitrogens with one attached hydrogen (secondary N) is 1. The van der Waals surface area contributed by atoms with Gasteiger partial charge < -0.3 is 15.1 Å². The van der Waals surface area contributed by atoms with Gasteiger partial charge in [0.1, 0.15) is 17.2 Å². The number of nitrogens with zero attached hydrogens (tertiary/aromatic N) is 6. The second-order valence-electron chi connectivity index (χ2n) is 8.97. The molecule has 3 aromatic rings. The highest BCUT2D eigenvalue weighted by Crippen LogP contribution is 2.25. The molecule has 1 aliphatic heterocycles. The topological polar surface area (TPSA) is 79.2 Å². The number of aromatic nitrogens is 4. The van der Waals surface area contributed by atoms with Gasteiger partial charge in [0.2, 0.25) is 5.95 Å². The monoisotopic (exact) mass is 465 g/mol. The molecule has 9 heteroatoms. The molecule has 2 fully saturated rings. The molecular weight excluding hydrogens is 434 g/mol. The minimum absolute atomic E-state index is 0.0333. The number of aryl methyl sites for hydroxylation is 2. The normalized spacial score (nSPS) is 17.4. The van der Waals surface area contributed by atoms with E-state index in [1.165, 1.54) is 32.1 Å². The van der Waals surface area contributed by atoms with Crippen molar-refractivity contribution >= 4 is 29.0 Å². The van der Waals surface area contributed by atoms with Gasteiger partial charge in [-0.05, 0) is 37.3 Å². The zero-order valence-electron chi connectivity index (χ0n) is 19.3.